The number of methoxy groups -OCH3 is 4. The molecule has 0 bridgehead atoms. The summed E-state index contributed by atoms with van der Waals surface area (Å²) >= 11 is 6.09. The van der Waals surface area contributed by atoms with Crippen LogP contribution in [0, 0.1) is 0 Å². The van der Waals surface area contributed by atoms with E-state index in [4.69, 9.17) is 40.0 Å². The highest BCUT2D eigenvalue weighted by atomic mass is 35.5. The van der Waals surface area contributed by atoms with Crippen molar-refractivity contribution >= 4 is 23.7 Å². The van der Waals surface area contributed by atoms with Gasteiger partial charge in [-0.15, -0.1) is 0 Å². The van der Waals surface area contributed by atoms with Gasteiger partial charge in [0.15, 0.2) is 18.1 Å². The summed E-state index contributed by atoms with van der Waals surface area (Å²) in [6.45, 7) is -0.252. The van der Waals surface area contributed by atoms with Crippen LogP contribution in [0.2, 0.25) is 5.02 Å². The predicted octanol–water partition coefficient (Wildman–Crippen LogP) is 4.97. The fraction of sp³-hybridized carbons (Fsp3) is 0.286. The molecule has 3 aromatic rings. The molecule has 10 heteroatoms. The summed E-state index contributed by atoms with van der Waals surface area (Å²) in [5.41, 5.74) is 4.93. The molecule has 1 heterocycles. The highest BCUT2D eigenvalue weighted by Gasteiger charge is 2.27. The number of ether oxygens (including phenoxy) is 6. The highest BCUT2D eigenvalue weighted by molar-refractivity contribution is 6.33. The monoisotopic (exact) mass is 540 g/mol. The quantitative estimate of drug-likeness (QED) is 0.286. The molecule has 38 heavy (non-hydrogen) atoms. The molecule has 0 aliphatic carbocycles. The topological polar surface area (TPSA) is 96.8 Å². The first kappa shape index (κ1) is 26.9. The molecular weight excluding hydrogens is 512 g/mol. The fourth-order valence-corrected chi connectivity index (χ4v) is 4.34. The molecule has 200 valence electrons. The molecule has 0 spiro atoms. The van der Waals surface area contributed by atoms with Gasteiger partial charge < -0.3 is 28.4 Å². The third-order valence-corrected chi connectivity index (χ3v) is 6.36. The summed E-state index contributed by atoms with van der Waals surface area (Å²) < 4.78 is 34.1. The first-order valence-corrected chi connectivity index (χ1v) is 12.2. The first-order chi connectivity index (χ1) is 18.5. The Kier molecular flexibility index (Phi) is 8.81. The summed E-state index contributed by atoms with van der Waals surface area (Å²) in [6, 6.07) is 14.4. The Morgan fingerprint density at radius 2 is 1.74 bits per heavy atom. The van der Waals surface area contributed by atoms with Crippen molar-refractivity contribution in [2.24, 2.45) is 5.10 Å². The van der Waals surface area contributed by atoms with Crippen LogP contribution >= 0.6 is 11.6 Å². The maximum absolute atomic E-state index is 12.3. The van der Waals surface area contributed by atoms with Gasteiger partial charge in [-0.05, 0) is 36.6 Å². The average Bonchev–Trinajstić information content (AvgIpc) is 2.95. The molecule has 9 nitrogen and oxygen atoms in total. The lowest BCUT2D eigenvalue weighted by Gasteiger charge is -2.29. The minimum absolute atomic E-state index is 0.252. The lowest BCUT2D eigenvalue weighted by Crippen LogP contribution is -2.24. The fourth-order valence-electron chi connectivity index (χ4n) is 4.16. The van der Waals surface area contributed by atoms with Crippen molar-refractivity contribution in [3.63, 3.8) is 0 Å². The lowest BCUT2D eigenvalue weighted by atomic mass is 9.96. The van der Waals surface area contributed by atoms with Gasteiger partial charge in [0.2, 0.25) is 5.75 Å². The van der Waals surface area contributed by atoms with Gasteiger partial charge >= 0.3 is 0 Å². The van der Waals surface area contributed by atoms with E-state index in [0.29, 0.717) is 51.5 Å². The van der Waals surface area contributed by atoms with Crippen LogP contribution in [0.5, 0.6) is 34.5 Å². The largest absolute Gasteiger partial charge is 0.496 e. The third kappa shape index (κ3) is 6.06. The summed E-state index contributed by atoms with van der Waals surface area (Å²) in [4.78, 5) is 12.3. The molecule has 1 amide bonds. The second kappa shape index (κ2) is 12.4. The van der Waals surface area contributed by atoms with E-state index in [-0.39, 0.29) is 12.7 Å². The Balaban J connectivity index is 1.47. The highest BCUT2D eigenvalue weighted by Crippen LogP contribution is 2.45. The Morgan fingerprint density at radius 3 is 2.39 bits per heavy atom. The molecule has 0 saturated carbocycles. The number of halogens is 1. The number of nitrogens with zero attached hydrogens (tertiary/aromatic N) is 1. The van der Waals surface area contributed by atoms with Crippen molar-refractivity contribution in [1.29, 1.82) is 0 Å². The van der Waals surface area contributed by atoms with Crippen LogP contribution in [0.25, 0.3) is 0 Å². The minimum Gasteiger partial charge on any atom is -0.496 e. The molecule has 0 radical (unpaired) electrons. The number of hydrogen-bond donors (Lipinski definition) is 1. The molecule has 1 aliphatic heterocycles. The molecule has 0 saturated heterocycles. The van der Waals surface area contributed by atoms with Crippen LogP contribution in [0.1, 0.15) is 29.2 Å². The van der Waals surface area contributed by atoms with E-state index in [9.17, 15) is 4.79 Å². The standard InChI is InChI=1S/C28H29ClN2O7/c1-33-23-13-19(37-16-27(32)31-30-15-17-7-5-6-8-21(17)29)14-24-20(23)9-10-22(38-24)18-11-25(34-2)28(36-4)26(12-18)35-3/h5-8,11-15,22H,9-10,16H2,1-4H3,(H,31,32)/b30-15+. The average molecular weight is 541 g/mol. The summed E-state index contributed by atoms with van der Waals surface area (Å²) in [6.07, 6.45) is 2.64. The van der Waals surface area contributed by atoms with Gasteiger partial charge in [0.25, 0.3) is 5.91 Å². The number of hydrogen-bond acceptors (Lipinski definition) is 8. The predicted molar refractivity (Wildman–Crippen MR) is 143 cm³/mol. The molecule has 3 aromatic carbocycles. The van der Waals surface area contributed by atoms with Gasteiger partial charge in [-0.25, -0.2) is 5.43 Å². The maximum Gasteiger partial charge on any atom is 0.277 e. The van der Waals surface area contributed by atoms with E-state index in [2.05, 4.69) is 10.5 Å². The van der Waals surface area contributed by atoms with Crippen molar-refractivity contribution in [2.75, 3.05) is 35.0 Å². The molecule has 1 atom stereocenters. The molecule has 0 fully saturated rings. The minimum atomic E-state index is -0.429. The van der Waals surface area contributed by atoms with Crippen molar-refractivity contribution in [2.45, 2.75) is 18.9 Å². The van der Waals surface area contributed by atoms with Gasteiger partial charge in [0.1, 0.15) is 23.4 Å². The SMILES string of the molecule is COc1cc(OCC(=O)N/N=C/c2ccccc2Cl)cc2c1CCC(c1cc(OC)c(OC)c(OC)c1)O2. The first-order valence-electron chi connectivity index (χ1n) is 11.8. The normalized spacial score (nSPS) is 14.3. The Labute approximate surface area is 226 Å². The van der Waals surface area contributed by atoms with Crippen LogP contribution in [-0.2, 0) is 11.2 Å². The Morgan fingerprint density at radius 1 is 1.03 bits per heavy atom. The molecule has 4 rings (SSSR count). The second-order valence-electron chi connectivity index (χ2n) is 8.31. The third-order valence-electron chi connectivity index (χ3n) is 6.01. The number of benzene rings is 3. The molecular formula is C28H29ClN2O7. The van der Waals surface area contributed by atoms with Crippen LogP contribution in [0.3, 0.4) is 0 Å². The summed E-state index contributed by atoms with van der Waals surface area (Å²) in [5, 5.41) is 4.47. The molecule has 1 N–H and O–H groups in total. The summed E-state index contributed by atoms with van der Waals surface area (Å²) in [5.74, 6) is 2.85. The number of amides is 1. The smallest absolute Gasteiger partial charge is 0.277 e. The van der Waals surface area contributed by atoms with Crippen LogP contribution in [0.4, 0.5) is 0 Å². The van der Waals surface area contributed by atoms with E-state index < -0.39 is 5.91 Å². The van der Waals surface area contributed by atoms with Crippen molar-refractivity contribution < 1.29 is 33.2 Å². The Hall–Kier alpha value is -4.11. The zero-order valence-corrected chi connectivity index (χ0v) is 22.3. The molecule has 0 aromatic heterocycles. The Bertz CT molecular complexity index is 1300. The summed E-state index contributed by atoms with van der Waals surface area (Å²) in [7, 11) is 6.29. The second-order valence-corrected chi connectivity index (χ2v) is 8.72. The van der Waals surface area contributed by atoms with Crippen LogP contribution in [-0.4, -0.2) is 47.2 Å². The van der Waals surface area contributed by atoms with E-state index in [1.807, 2.05) is 24.3 Å². The number of fused-ring (bicyclic) bond motifs is 1. The van der Waals surface area contributed by atoms with E-state index in [1.54, 1.807) is 52.7 Å². The zero-order chi connectivity index (χ0) is 27.1. The maximum atomic E-state index is 12.3. The zero-order valence-electron chi connectivity index (χ0n) is 21.6. The van der Waals surface area contributed by atoms with Gasteiger partial charge in [0, 0.05) is 28.3 Å². The number of carbonyl (C=O) groups excluding carboxylic acids is 1. The molecule has 1 unspecified atom stereocenters. The molecule has 1 aliphatic rings. The number of carbonyl (C=O) groups is 1. The van der Waals surface area contributed by atoms with Crippen LogP contribution in [0.15, 0.2) is 53.6 Å². The van der Waals surface area contributed by atoms with Crippen LogP contribution < -0.4 is 33.8 Å². The number of hydrazone groups is 1. The lowest BCUT2D eigenvalue weighted by molar-refractivity contribution is -0.123. The van der Waals surface area contributed by atoms with Gasteiger partial charge in [0.05, 0.1) is 34.7 Å². The van der Waals surface area contributed by atoms with Crippen molar-refractivity contribution in [3.05, 3.63) is 70.2 Å². The van der Waals surface area contributed by atoms with E-state index >= 15 is 0 Å². The van der Waals surface area contributed by atoms with Gasteiger partial charge in [-0.1, -0.05) is 29.8 Å². The van der Waals surface area contributed by atoms with Gasteiger partial charge in [-0.2, -0.15) is 5.10 Å². The number of rotatable bonds is 10. The van der Waals surface area contributed by atoms with Gasteiger partial charge in [-0.3, -0.25) is 4.79 Å². The van der Waals surface area contributed by atoms with E-state index in [1.165, 1.54) is 6.21 Å². The van der Waals surface area contributed by atoms with E-state index in [0.717, 1.165) is 17.5 Å². The number of nitrogens with one attached hydrogen (secondary N) is 1. The van der Waals surface area contributed by atoms with Crippen molar-refractivity contribution in [1.82, 2.24) is 5.43 Å². The van der Waals surface area contributed by atoms with Crippen molar-refractivity contribution in [3.8, 4) is 34.5 Å².